The van der Waals surface area contributed by atoms with Crippen LogP contribution in [-0.4, -0.2) is 0 Å². The summed E-state index contributed by atoms with van der Waals surface area (Å²) in [6.07, 6.45) is 9.66. The van der Waals surface area contributed by atoms with Crippen LogP contribution in [0.5, 0.6) is 0 Å². The summed E-state index contributed by atoms with van der Waals surface area (Å²) in [6.45, 7) is 2.16. The zero-order valence-electron chi connectivity index (χ0n) is 17.6. The lowest BCUT2D eigenvalue weighted by Gasteiger charge is -2.28. The van der Waals surface area contributed by atoms with Crippen LogP contribution < -0.4 is 0 Å². The minimum absolute atomic E-state index is 0.00417. The van der Waals surface area contributed by atoms with Crippen molar-refractivity contribution in [3.8, 4) is 11.1 Å². The molecule has 0 N–H and O–H groups in total. The SMILES string of the molecule is CCC1CCC(c2ccc(-c3ccc(C4CCCCC4)c(F)c3F)c(F)c2F)CC1. The Morgan fingerprint density at radius 2 is 1.07 bits per heavy atom. The molecule has 162 valence electrons. The molecule has 0 spiro atoms. The monoisotopic (exact) mass is 418 g/mol. The van der Waals surface area contributed by atoms with Crippen LogP contribution in [-0.2, 0) is 0 Å². The maximum absolute atomic E-state index is 14.9. The average molecular weight is 419 g/mol. The average Bonchev–Trinajstić information content (AvgIpc) is 2.78. The molecule has 0 aromatic heterocycles. The van der Waals surface area contributed by atoms with E-state index < -0.39 is 23.3 Å². The molecular formula is C26H30F4. The molecule has 2 fully saturated rings. The van der Waals surface area contributed by atoms with Gasteiger partial charge in [0.1, 0.15) is 0 Å². The van der Waals surface area contributed by atoms with E-state index in [1.165, 1.54) is 12.1 Å². The Balaban J connectivity index is 1.63. The minimum Gasteiger partial charge on any atom is -0.203 e. The molecule has 4 heteroatoms. The van der Waals surface area contributed by atoms with Crippen molar-refractivity contribution in [3.63, 3.8) is 0 Å². The van der Waals surface area contributed by atoms with Crippen molar-refractivity contribution < 1.29 is 17.6 Å². The Kier molecular flexibility index (Phi) is 6.50. The fraction of sp³-hybridized carbons (Fsp3) is 0.538. The van der Waals surface area contributed by atoms with Crippen molar-refractivity contribution in [2.24, 2.45) is 5.92 Å². The van der Waals surface area contributed by atoms with Crippen LogP contribution in [0.4, 0.5) is 17.6 Å². The van der Waals surface area contributed by atoms with Gasteiger partial charge in [0, 0.05) is 11.1 Å². The number of benzene rings is 2. The molecule has 0 unspecified atom stereocenters. The fourth-order valence-corrected chi connectivity index (χ4v) is 5.47. The summed E-state index contributed by atoms with van der Waals surface area (Å²) >= 11 is 0. The van der Waals surface area contributed by atoms with Crippen molar-refractivity contribution in [2.45, 2.75) is 83.0 Å². The van der Waals surface area contributed by atoms with Crippen molar-refractivity contribution >= 4 is 0 Å². The van der Waals surface area contributed by atoms with Crippen LogP contribution in [0.1, 0.15) is 94.1 Å². The third kappa shape index (κ3) is 4.02. The van der Waals surface area contributed by atoms with Crippen molar-refractivity contribution in [1.82, 2.24) is 0 Å². The molecule has 0 amide bonds. The minimum atomic E-state index is -1.08. The molecule has 0 nitrogen and oxygen atoms in total. The lowest BCUT2D eigenvalue weighted by atomic mass is 9.77. The van der Waals surface area contributed by atoms with Crippen LogP contribution in [0.2, 0.25) is 0 Å². The molecule has 2 aromatic rings. The van der Waals surface area contributed by atoms with Gasteiger partial charge in [0.25, 0.3) is 0 Å². The highest BCUT2D eigenvalue weighted by molar-refractivity contribution is 5.66. The summed E-state index contributed by atoms with van der Waals surface area (Å²) in [5.74, 6) is -3.32. The number of halogens is 4. The standard InChI is InChI=1S/C26H30F4/c1-2-16-8-10-18(11-9-16)20-13-15-22(26(30)24(20)28)21-14-12-19(23(27)25(21)29)17-6-4-3-5-7-17/h12-18H,2-11H2,1H3. The molecule has 2 saturated carbocycles. The Hall–Kier alpha value is -1.84. The van der Waals surface area contributed by atoms with Gasteiger partial charge in [-0.25, -0.2) is 17.6 Å². The first-order valence-electron chi connectivity index (χ1n) is 11.5. The van der Waals surface area contributed by atoms with Gasteiger partial charge in [-0.15, -0.1) is 0 Å². The topological polar surface area (TPSA) is 0 Å². The van der Waals surface area contributed by atoms with E-state index in [2.05, 4.69) is 6.92 Å². The third-order valence-electron chi connectivity index (χ3n) is 7.42. The molecule has 0 saturated heterocycles. The van der Waals surface area contributed by atoms with Gasteiger partial charge >= 0.3 is 0 Å². The van der Waals surface area contributed by atoms with Gasteiger partial charge in [0.15, 0.2) is 23.3 Å². The normalized spacial score (nSPS) is 23.0. The van der Waals surface area contributed by atoms with Crippen molar-refractivity contribution in [3.05, 3.63) is 58.7 Å². The summed E-state index contributed by atoms with van der Waals surface area (Å²) in [7, 11) is 0. The van der Waals surface area contributed by atoms with Gasteiger partial charge in [-0.05, 0) is 67.4 Å². The van der Waals surface area contributed by atoms with Crippen LogP contribution in [0.15, 0.2) is 24.3 Å². The predicted molar refractivity (Wildman–Crippen MR) is 113 cm³/mol. The Morgan fingerprint density at radius 3 is 1.53 bits per heavy atom. The first kappa shape index (κ1) is 21.4. The van der Waals surface area contributed by atoms with E-state index in [-0.39, 0.29) is 23.0 Å². The van der Waals surface area contributed by atoms with Gasteiger partial charge < -0.3 is 0 Å². The van der Waals surface area contributed by atoms with Crippen molar-refractivity contribution in [2.75, 3.05) is 0 Å². The maximum Gasteiger partial charge on any atom is 0.167 e. The molecule has 2 aliphatic rings. The second kappa shape index (κ2) is 9.11. The number of rotatable bonds is 4. The second-order valence-electron chi connectivity index (χ2n) is 9.12. The highest BCUT2D eigenvalue weighted by Crippen LogP contribution is 2.41. The molecule has 0 heterocycles. The molecule has 0 aliphatic heterocycles. The molecule has 2 aromatic carbocycles. The fourth-order valence-electron chi connectivity index (χ4n) is 5.47. The smallest absolute Gasteiger partial charge is 0.167 e. The number of hydrogen-bond acceptors (Lipinski definition) is 0. The van der Waals surface area contributed by atoms with Gasteiger partial charge in [0.05, 0.1) is 0 Å². The van der Waals surface area contributed by atoms with E-state index in [9.17, 15) is 17.6 Å². The molecule has 30 heavy (non-hydrogen) atoms. The van der Waals surface area contributed by atoms with E-state index in [1.54, 1.807) is 12.1 Å². The highest BCUT2D eigenvalue weighted by atomic mass is 19.2. The van der Waals surface area contributed by atoms with Crippen LogP contribution in [0.25, 0.3) is 11.1 Å². The maximum atomic E-state index is 14.9. The van der Waals surface area contributed by atoms with Gasteiger partial charge in [0.2, 0.25) is 0 Å². The summed E-state index contributed by atoms with van der Waals surface area (Å²) in [6, 6.07) is 5.95. The molecule has 4 rings (SSSR count). The van der Waals surface area contributed by atoms with Crippen LogP contribution >= 0.6 is 0 Å². The van der Waals surface area contributed by atoms with E-state index >= 15 is 0 Å². The lowest BCUT2D eigenvalue weighted by molar-refractivity contribution is 0.312. The Morgan fingerprint density at radius 1 is 0.600 bits per heavy atom. The predicted octanol–water partition coefficient (Wildman–Crippen LogP) is 8.64. The summed E-state index contributed by atoms with van der Waals surface area (Å²) < 4.78 is 59.6. The van der Waals surface area contributed by atoms with Gasteiger partial charge in [-0.1, -0.05) is 56.9 Å². The summed E-state index contributed by atoms with van der Waals surface area (Å²) in [5, 5.41) is 0. The molecular weight excluding hydrogens is 388 g/mol. The van der Waals surface area contributed by atoms with Crippen molar-refractivity contribution in [1.29, 1.82) is 0 Å². The van der Waals surface area contributed by atoms with E-state index in [0.717, 1.165) is 64.2 Å². The van der Waals surface area contributed by atoms with E-state index in [0.29, 0.717) is 17.0 Å². The van der Waals surface area contributed by atoms with Crippen LogP contribution in [0, 0.1) is 29.2 Å². The zero-order chi connectivity index (χ0) is 21.3. The molecule has 0 atom stereocenters. The summed E-state index contributed by atoms with van der Waals surface area (Å²) in [4.78, 5) is 0. The number of hydrogen-bond donors (Lipinski definition) is 0. The second-order valence-corrected chi connectivity index (χ2v) is 9.12. The van der Waals surface area contributed by atoms with E-state index in [4.69, 9.17) is 0 Å². The van der Waals surface area contributed by atoms with Crippen LogP contribution in [0.3, 0.4) is 0 Å². The zero-order valence-corrected chi connectivity index (χ0v) is 17.6. The quantitative estimate of drug-likeness (QED) is 0.436. The first-order chi connectivity index (χ1) is 14.5. The first-order valence-corrected chi connectivity index (χ1v) is 11.5. The van der Waals surface area contributed by atoms with Gasteiger partial charge in [-0.3, -0.25) is 0 Å². The Labute approximate surface area is 176 Å². The third-order valence-corrected chi connectivity index (χ3v) is 7.42. The van der Waals surface area contributed by atoms with E-state index in [1.807, 2.05) is 0 Å². The highest BCUT2D eigenvalue weighted by Gasteiger charge is 2.28. The molecule has 0 radical (unpaired) electrons. The lowest BCUT2D eigenvalue weighted by Crippen LogP contribution is -2.14. The van der Waals surface area contributed by atoms with Gasteiger partial charge in [-0.2, -0.15) is 0 Å². The Bertz CT molecular complexity index is 890. The largest absolute Gasteiger partial charge is 0.203 e. The molecule has 2 aliphatic carbocycles. The summed E-state index contributed by atoms with van der Waals surface area (Å²) in [5.41, 5.74) is 0.321. The molecule has 0 bridgehead atoms.